The third-order valence-corrected chi connectivity index (χ3v) is 6.26. The fraction of sp³-hybridized carbons (Fsp3) is 0.360. The molecular weight excluding hydrogens is 470 g/mol. The van der Waals surface area contributed by atoms with Gasteiger partial charge < -0.3 is 20.4 Å². The van der Waals surface area contributed by atoms with Crippen molar-refractivity contribution in [2.75, 3.05) is 36.4 Å². The predicted octanol–water partition coefficient (Wildman–Crippen LogP) is 2.95. The molecule has 3 N–H and O–H groups in total. The SMILES string of the molecule is Cc1cc(Nc2cc(C)[nH]n2)nc(N2CCN(C(=O)N[C@@H](C)c3ccc(-c4ccn(C)n4)nc3)CC2)n1. The maximum atomic E-state index is 12.9. The van der Waals surface area contributed by atoms with E-state index >= 15 is 0 Å². The highest BCUT2D eigenvalue weighted by molar-refractivity contribution is 5.75. The largest absolute Gasteiger partial charge is 0.337 e. The van der Waals surface area contributed by atoms with Crippen molar-refractivity contribution in [2.45, 2.75) is 26.8 Å². The molecule has 1 aliphatic rings. The van der Waals surface area contributed by atoms with Crippen LogP contribution in [0, 0.1) is 13.8 Å². The van der Waals surface area contributed by atoms with Crippen molar-refractivity contribution in [2.24, 2.45) is 7.05 Å². The highest BCUT2D eigenvalue weighted by Gasteiger charge is 2.24. The molecule has 1 aliphatic heterocycles. The van der Waals surface area contributed by atoms with E-state index in [4.69, 9.17) is 0 Å². The molecule has 4 aromatic rings. The van der Waals surface area contributed by atoms with Crippen molar-refractivity contribution in [1.82, 2.24) is 45.1 Å². The van der Waals surface area contributed by atoms with E-state index in [2.05, 4.69) is 45.8 Å². The number of anilines is 3. The number of urea groups is 1. The molecule has 5 heterocycles. The molecule has 0 aromatic carbocycles. The van der Waals surface area contributed by atoms with Crippen molar-refractivity contribution < 1.29 is 4.79 Å². The third-order valence-electron chi connectivity index (χ3n) is 6.26. The summed E-state index contributed by atoms with van der Waals surface area (Å²) in [6, 6.07) is 9.36. The molecule has 12 nitrogen and oxygen atoms in total. The van der Waals surface area contributed by atoms with Crippen molar-refractivity contribution in [3.63, 3.8) is 0 Å². The summed E-state index contributed by atoms with van der Waals surface area (Å²) in [7, 11) is 1.88. The monoisotopic (exact) mass is 501 g/mol. The first-order valence-electron chi connectivity index (χ1n) is 12.2. The Balaban J connectivity index is 1.16. The Morgan fingerprint density at radius 3 is 2.49 bits per heavy atom. The van der Waals surface area contributed by atoms with Crippen LogP contribution in [0.1, 0.15) is 29.9 Å². The number of carbonyl (C=O) groups is 1. The Morgan fingerprint density at radius 2 is 1.84 bits per heavy atom. The van der Waals surface area contributed by atoms with Crippen LogP contribution >= 0.6 is 0 Å². The second-order valence-corrected chi connectivity index (χ2v) is 9.25. The van der Waals surface area contributed by atoms with Crippen LogP contribution in [0.2, 0.25) is 0 Å². The van der Waals surface area contributed by atoms with Gasteiger partial charge in [0.1, 0.15) is 11.5 Å². The highest BCUT2D eigenvalue weighted by atomic mass is 16.2. The van der Waals surface area contributed by atoms with Gasteiger partial charge >= 0.3 is 6.03 Å². The standard InChI is InChI=1S/C25H31N11O/c1-16-13-22(29-23-14-17(2)31-32-23)30-24(27-16)35-9-11-36(12-10-35)25(37)28-18(3)19-5-6-20(26-15-19)21-7-8-34(4)33-21/h5-8,13-15,18H,9-12H2,1-4H3,(H,28,37)(H2,27,29,30,31,32)/t18-/m0/s1. The summed E-state index contributed by atoms with van der Waals surface area (Å²) in [5.74, 6) is 2.03. The summed E-state index contributed by atoms with van der Waals surface area (Å²) in [4.78, 5) is 30.7. The zero-order chi connectivity index (χ0) is 25.9. The summed E-state index contributed by atoms with van der Waals surface area (Å²) >= 11 is 0. The van der Waals surface area contributed by atoms with Gasteiger partial charge in [-0.3, -0.25) is 14.8 Å². The van der Waals surface area contributed by atoms with Crippen LogP contribution in [0.3, 0.4) is 0 Å². The second-order valence-electron chi connectivity index (χ2n) is 9.25. The van der Waals surface area contributed by atoms with Gasteiger partial charge in [-0.25, -0.2) is 9.78 Å². The number of pyridine rings is 1. The minimum Gasteiger partial charge on any atom is -0.337 e. The van der Waals surface area contributed by atoms with Gasteiger partial charge in [-0.1, -0.05) is 6.07 Å². The molecule has 1 saturated heterocycles. The van der Waals surface area contributed by atoms with Crippen molar-refractivity contribution in [1.29, 1.82) is 0 Å². The molecular formula is C25H31N11O. The number of amides is 2. The molecule has 0 spiro atoms. The Hall–Kier alpha value is -4.48. The van der Waals surface area contributed by atoms with E-state index in [1.165, 1.54) is 0 Å². The first kappa shape index (κ1) is 24.2. The summed E-state index contributed by atoms with van der Waals surface area (Å²) < 4.78 is 1.75. The number of nitrogens with zero attached hydrogens (tertiary/aromatic N) is 8. The Kier molecular flexibility index (Phi) is 6.71. The maximum absolute atomic E-state index is 12.9. The number of aryl methyl sites for hydroxylation is 3. The molecule has 5 rings (SSSR count). The topological polar surface area (TPSA) is 133 Å². The number of carbonyl (C=O) groups excluding carboxylic acids is 1. The molecule has 37 heavy (non-hydrogen) atoms. The van der Waals surface area contributed by atoms with E-state index in [0.29, 0.717) is 43.8 Å². The van der Waals surface area contributed by atoms with Crippen LogP contribution in [-0.2, 0) is 7.05 Å². The molecule has 0 bridgehead atoms. The lowest BCUT2D eigenvalue weighted by Crippen LogP contribution is -2.52. The lowest BCUT2D eigenvalue weighted by molar-refractivity contribution is 0.191. The number of hydrogen-bond acceptors (Lipinski definition) is 8. The molecule has 0 radical (unpaired) electrons. The molecule has 1 atom stereocenters. The van der Waals surface area contributed by atoms with E-state index < -0.39 is 0 Å². The lowest BCUT2D eigenvalue weighted by Gasteiger charge is -2.35. The molecule has 12 heteroatoms. The molecule has 0 unspecified atom stereocenters. The first-order chi connectivity index (χ1) is 17.8. The predicted molar refractivity (Wildman–Crippen MR) is 141 cm³/mol. The third kappa shape index (κ3) is 5.68. The number of piperazine rings is 1. The normalized spacial score (nSPS) is 14.5. The van der Waals surface area contributed by atoms with Gasteiger partial charge in [0.2, 0.25) is 5.95 Å². The van der Waals surface area contributed by atoms with Gasteiger partial charge in [0.15, 0.2) is 5.82 Å². The van der Waals surface area contributed by atoms with E-state index in [9.17, 15) is 4.79 Å². The molecule has 0 aliphatic carbocycles. The number of H-pyrrole nitrogens is 1. The van der Waals surface area contributed by atoms with Gasteiger partial charge in [0.25, 0.3) is 0 Å². The molecule has 1 fully saturated rings. The van der Waals surface area contributed by atoms with Gasteiger partial charge in [-0.15, -0.1) is 0 Å². The molecule has 0 saturated carbocycles. The number of hydrogen-bond donors (Lipinski definition) is 3. The minimum atomic E-state index is -0.171. The van der Waals surface area contributed by atoms with E-state index in [1.807, 2.05) is 69.2 Å². The van der Waals surface area contributed by atoms with Crippen LogP contribution in [-0.4, -0.2) is 72.0 Å². The van der Waals surface area contributed by atoms with Crippen LogP contribution in [0.4, 0.5) is 22.4 Å². The number of aromatic nitrogens is 7. The number of nitrogens with one attached hydrogen (secondary N) is 3. The molecule has 4 aromatic heterocycles. The smallest absolute Gasteiger partial charge is 0.317 e. The van der Waals surface area contributed by atoms with Gasteiger partial charge in [0.05, 0.1) is 11.7 Å². The second kappa shape index (κ2) is 10.2. The van der Waals surface area contributed by atoms with Gasteiger partial charge in [-0.2, -0.15) is 15.2 Å². The average molecular weight is 502 g/mol. The van der Waals surface area contributed by atoms with Gasteiger partial charge in [0, 0.05) is 69.1 Å². The highest BCUT2D eigenvalue weighted by Crippen LogP contribution is 2.20. The van der Waals surface area contributed by atoms with Crippen LogP contribution in [0.25, 0.3) is 11.4 Å². The quantitative estimate of drug-likeness (QED) is 0.367. The fourth-order valence-electron chi connectivity index (χ4n) is 4.21. The number of aromatic amines is 1. The van der Waals surface area contributed by atoms with E-state index in [1.54, 1.807) is 10.9 Å². The summed E-state index contributed by atoms with van der Waals surface area (Å²) in [6.45, 7) is 8.29. The van der Waals surface area contributed by atoms with Gasteiger partial charge in [-0.05, 0) is 38.5 Å². The molecule has 192 valence electrons. The Morgan fingerprint density at radius 1 is 1.03 bits per heavy atom. The zero-order valence-electron chi connectivity index (χ0n) is 21.4. The maximum Gasteiger partial charge on any atom is 0.317 e. The summed E-state index contributed by atoms with van der Waals surface area (Å²) in [6.07, 6.45) is 3.67. The zero-order valence-corrected chi connectivity index (χ0v) is 21.4. The fourth-order valence-corrected chi connectivity index (χ4v) is 4.21. The van der Waals surface area contributed by atoms with Crippen LogP contribution in [0.15, 0.2) is 42.7 Å². The summed E-state index contributed by atoms with van der Waals surface area (Å²) in [5.41, 5.74) is 4.38. The molecule has 2 amide bonds. The lowest BCUT2D eigenvalue weighted by atomic mass is 10.1. The minimum absolute atomic E-state index is 0.0950. The summed E-state index contributed by atoms with van der Waals surface area (Å²) in [5, 5.41) is 17.8. The first-order valence-corrected chi connectivity index (χ1v) is 12.2. The Labute approximate surface area is 215 Å². The van der Waals surface area contributed by atoms with E-state index in [-0.39, 0.29) is 12.1 Å². The van der Waals surface area contributed by atoms with E-state index in [0.717, 1.165) is 28.3 Å². The van der Waals surface area contributed by atoms with Crippen LogP contribution < -0.4 is 15.5 Å². The van der Waals surface area contributed by atoms with Crippen molar-refractivity contribution in [3.05, 3.63) is 59.7 Å². The average Bonchev–Trinajstić information content (AvgIpc) is 3.51. The Bertz CT molecular complexity index is 1370. The van der Waals surface area contributed by atoms with Crippen molar-refractivity contribution >= 4 is 23.6 Å². The number of rotatable bonds is 6. The van der Waals surface area contributed by atoms with Crippen LogP contribution in [0.5, 0.6) is 0 Å². The van der Waals surface area contributed by atoms with Crippen molar-refractivity contribution in [3.8, 4) is 11.4 Å².